The summed E-state index contributed by atoms with van der Waals surface area (Å²) >= 11 is 0. The zero-order valence-electron chi connectivity index (χ0n) is 8.04. The molecule has 13 heavy (non-hydrogen) atoms. The van der Waals surface area contributed by atoms with Crippen molar-refractivity contribution >= 4 is 0 Å². The third-order valence-electron chi connectivity index (χ3n) is 2.42. The minimum Gasteiger partial charge on any atom is -0.497 e. The van der Waals surface area contributed by atoms with Crippen molar-refractivity contribution < 1.29 is 9.47 Å². The Balaban J connectivity index is 2.33. The predicted octanol–water partition coefficient (Wildman–Crippen LogP) is 2.58. The van der Waals surface area contributed by atoms with Gasteiger partial charge in [-0.05, 0) is 36.5 Å². The zero-order valence-corrected chi connectivity index (χ0v) is 8.04. The molecule has 2 heteroatoms. The highest BCUT2D eigenvalue weighted by Crippen LogP contribution is 2.42. The molecule has 1 aliphatic rings. The SMILES string of the molecule is COc1cc(OC)cc(C2CC2)c1. The van der Waals surface area contributed by atoms with Gasteiger partial charge in [0.15, 0.2) is 0 Å². The maximum atomic E-state index is 5.20. The fraction of sp³-hybridized carbons (Fsp3) is 0.455. The second-order valence-electron chi connectivity index (χ2n) is 3.42. The third-order valence-corrected chi connectivity index (χ3v) is 2.42. The van der Waals surface area contributed by atoms with Crippen LogP contribution in [0.25, 0.3) is 0 Å². The molecular weight excluding hydrogens is 164 g/mol. The highest BCUT2D eigenvalue weighted by atomic mass is 16.5. The van der Waals surface area contributed by atoms with Gasteiger partial charge in [0.1, 0.15) is 11.5 Å². The van der Waals surface area contributed by atoms with Gasteiger partial charge in [0.25, 0.3) is 0 Å². The van der Waals surface area contributed by atoms with Gasteiger partial charge in [-0.3, -0.25) is 0 Å². The maximum absolute atomic E-state index is 5.20. The van der Waals surface area contributed by atoms with Gasteiger partial charge in [-0.25, -0.2) is 0 Å². The molecule has 0 bridgehead atoms. The lowest BCUT2D eigenvalue weighted by atomic mass is 10.1. The lowest BCUT2D eigenvalue weighted by molar-refractivity contribution is 0.393. The fourth-order valence-corrected chi connectivity index (χ4v) is 1.48. The van der Waals surface area contributed by atoms with E-state index >= 15 is 0 Å². The predicted molar refractivity (Wildman–Crippen MR) is 51.5 cm³/mol. The normalized spacial score (nSPS) is 15.5. The summed E-state index contributed by atoms with van der Waals surface area (Å²) in [4.78, 5) is 0. The van der Waals surface area contributed by atoms with Crippen molar-refractivity contribution in [3.63, 3.8) is 0 Å². The van der Waals surface area contributed by atoms with Crippen LogP contribution in [0.5, 0.6) is 11.5 Å². The molecule has 1 saturated carbocycles. The summed E-state index contributed by atoms with van der Waals surface area (Å²) in [6.45, 7) is 0. The molecule has 1 aliphatic carbocycles. The topological polar surface area (TPSA) is 18.5 Å². The first kappa shape index (κ1) is 8.42. The molecule has 0 N–H and O–H groups in total. The van der Waals surface area contributed by atoms with E-state index in [1.807, 2.05) is 6.07 Å². The number of benzene rings is 1. The Hall–Kier alpha value is -1.18. The lowest BCUT2D eigenvalue weighted by Crippen LogP contribution is -1.89. The zero-order chi connectivity index (χ0) is 9.26. The van der Waals surface area contributed by atoms with Crippen LogP contribution in [-0.4, -0.2) is 14.2 Å². The van der Waals surface area contributed by atoms with E-state index in [2.05, 4.69) is 12.1 Å². The molecule has 0 aliphatic heterocycles. The third kappa shape index (κ3) is 1.77. The monoisotopic (exact) mass is 178 g/mol. The summed E-state index contributed by atoms with van der Waals surface area (Å²) in [6, 6.07) is 6.10. The standard InChI is InChI=1S/C11H14O2/c1-12-10-5-9(8-3-4-8)6-11(7-10)13-2/h5-8H,3-4H2,1-2H3. The fourth-order valence-electron chi connectivity index (χ4n) is 1.48. The van der Waals surface area contributed by atoms with Crippen LogP contribution in [0.15, 0.2) is 18.2 Å². The minimum absolute atomic E-state index is 0.740. The van der Waals surface area contributed by atoms with Crippen LogP contribution in [0.3, 0.4) is 0 Å². The average Bonchev–Trinajstić information content (AvgIpc) is 3.00. The van der Waals surface area contributed by atoms with E-state index in [-0.39, 0.29) is 0 Å². The van der Waals surface area contributed by atoms with Crippen molar-refractivity contribution in [1.29, 1.82) is 0 Å². The van der Waals surface area contributed by atoms with E-state index in [0.29, 0.717) is 0 Å². The van der Waals surface area contributed by atoms with E-state index in [9.17, 15) is 0 Å². The molecule has 0 spiro atoms. The van der Waals surface area contributed by atoms with Gasteiger partial charge in [-0.1, -0.05) is 0 Å². The van der Waals surface area contributed by atoms with Crippen molar-refractivity contribution in [3.8, 4) is 11.5 Å². The summed E-state index contributed by atoms with van der Waals surface area (Å²) in [5, 5.41) is 0. The van der Waals surface area contributed by atoms with Crippen LogP contribution in [0.1, 0.15) is 24.3 Å². The first-order valence-corrected chi connectivity index (χ1v) is 4.56. The van der Waals surface area contributed by atoms with E-state index in [1.54, 1.807) is 14.2 Å². The Bertz CT molecular complexity index is 281. The molecule has 2 nitrogen and oxygen atoms in total. The van der Waals surface area contributed by atoms with Crippen LogP contribution in [0.2, 0.25) is 0 Å². The summed E-state index contributed by atoms with van der Waals surface area (Å²) in [5.41, 5.74) is 1.34. The molecule has 0 radical (unpaired) electrons. The molecule has 70 valence electrons. The quantitative estimate of drug-likeness (QED) is 0.708. The second kappa shape index (κ2) is 3.29. The number of rotatable bonds is 3. The van der Waals surface area contributed by atoms with Gasteiger partial charge in [0.2, 0.25) is 0 Å². The van der Waals surface area contributed by atoms with Crippen molar-refractivity contribution in [2.45, 2.75) is 18.8 Å². The van der Waals surface area contributed by atoms with E-state index in [1.165, 1.54) is 18.4 Å². The van der Waals surface area contributed by atoms with Crippen LogP contribution < -0.4 is 9.47 Å². The van der Waals surface area contributed by atoms with Crippen LogP contribution in [0, 0.1) is 0 Å². The van der Waals surface area contributed by atoms with E-state index in [4.69, 9.17) is 9.47 Å². The molecule has 0 saturated heterocycles. The summed E-state index contributed by atoms with van der Waals surface area (Å²) < 4.78 is 10.4. The highest BCUT2D eigenvalue weighted by Gasteiger charge is 2.24. The van der Waals surface area contributed by atoms with Gasteiger partial charge in [-0.2, -0.15) is 0 Å². The van der Waals surface area contributed by atoms with Gasteiger partial charge in [-0.15, -0.1) is 0 Å². The van der Waals surface area contributed by atoms with Crippen LogP contribution >= 0.6 is 0 Å². The Kier molecular flexibility index (Phi) is 2.13. The lowest BCUT2D eigenvalue weighted by Gasteiger charge is -2.07. The maximum Gasteiger partial charge on any atom is 0.122 e. The molecule has 0 heterocycles. The van der Waals surface area contributed by atoms with Crippen LogP contribution in [0.4, 0.5) is 0 Å². The Morgan fingerprint density at radius 2 is 1.54 bits per heavy atom. The van der Waals surface area contributed by atoms with Gasteiger partial charge in [0.05, 0.1) is 14.2 Å². The Morgan fingerprint density at radius 3 is 1.92 bits per heavy atom. The average molecular weight is 178 g/mol. The highest BCUT2D eigenvalue weighted by molar-refractivity contribution is 5.41. The smallest absolute Gasteiger partial charge is 0.122 e. The number of methoxy groups -OCH3 is 2. The molecule has 1 aromatic rings. The molecule has 0 aromatic heterocycles. The molecule has 0 unspecified atom stereocenters. The number of hydrogen-bond donors (Lipinski definition) is 0. The Morgan fingerprint density at radius 1 is 1.00 bits per heavy atom. The van der Waals surface area contributed by atoms with Gasteiger partial charge in [0, 0.05) is 6.07 Å². The van der Waals surface area contributed by atoms with Gasteiger partial charge < -0.3 is 9.47 Å². The minimum atomic E-state index is 0.740. The molecular formula is C11H14O2. The molecule has 1 aromatic carbocycles. The van der Waals surface area contributed by atoms with E-state index in [0.717, 1.165) is 17.4 Å². The Labute approximate surface area is 78.5 Å². The van der Waals surface area contributed by atoms with Crippen molar-refractivity contribution in [1.82, 2.24) is 0 Å². The number of hydrogen-bond acceptors (Lipinski definition) is 2. The van der Waals surface area contributed by atoms with Crippen molar-refractivity contribution in [2.75, 3.05) is 14.2 Å². The van der Waals surface area contributed by atoms with Crippen molar-refractivity contribution in [2.24, 2.45) is 0 Å². The first-order valence-electron chi connectivity index (χ1n) is 4.56. The van der Waals surface area contributed by atoms with Crippen LogP contribution in [-0.2, 0) is 0 Å². The summed E-state index contributed by atoms with van der Waals surface area (Å²) in [6.07, 6.45) is 2.60. The van der Waals surface area contributed by atoms with E-state index < -0.39 is 0 Å². The molecule has 2 rings (SSSR count). The molecule has 0 atom stereocenters. The second-order valence-corrected chi connectivity index (χ2v) is 3.42. The summed E-state index contributed by atoms with van der Waals surface area (Å²) in [7, 11) is 3.37. The van der Waals surface area contributed by atoms with Gasteiger partial charge >= 0.3 is 0 Å². The van der Waals surface area contributed by atoms with Crippen molar-refractivity contribution in [3.05, 3.63) is 23.8 Å². The molecule has 1 fully saturated rings. The largest absolute Gasteiger partial charge is 0.497 e. The molecule has 0 amide bonds. The summed E-state index contributed by atoms with van der Waals surface area (Å²) in [5.74, 6) is 2.52. The first-order chi connectivity index (χ1) is 6.33. The number of ether oxygens (including phenoxy) is 2.